The van der Waals surface area contributed by atoms with Crippen LogP contribution >= 0.6 is 0 Å². The van der Waals surface area contributed by atoms with Crippen molar-refractivity contribution in [3.05, 3.63) is 114 Å². The second-order valence-corrected chi connectivity index (χ2v) is 7.52. The molecule has 1 unspecified atom stereocenters. The third kappa shape index (κ3) is 3.65. The van der Waals surface area contributed by atoms with Crippen LogP contribution in [0.1, 0.15) is 38.1 Å². The van der Waals surface area contributed by atoms with E-state index in [2.05, 4.69) is 15.6 Å². The largest absolute Gasteiger partial charge is 0.369 e. The summed E-state index contributed by atoms with van der Waals surface area (Å²) in [6.07, 6.45) is 3.55. The second kappa shape index (κ2) is 8.11. The summed E-state index contributed by atoms with van der Waals surface area (Å²) in [5.74, 6) is -0.637. The topological polar surface area (TPSA) is 76.0 Å². The van der Waals surface area contributed by atoms with Gasteiger partial charge in [0, 0.05) is 29.3 Å². The number of Topliss-reactive ketones (excluding diaryl/α,β-unsaturated/α-hetero) is 1. The summed E-state index contributed by atoms with van der Waals surface area (Å²) >= 11 is 0. The van der Waals surface area contributed by atoms with E-state index in [0.717, 1.165) is 11.3 Å². The van der Waals surface area contributed by atoms with Crippen molar-refractivity contribution in [2.45, 2.75) is 12.6 Å². The lowest BCUT2D eigenvalue weighted by atomic mass is 10.0. The van der Waals surface area contributed by atoms with Gasteiger partial charge in [-0.15, -0.1) is 0 Å². The van der Waals surface area contributed by atoms with E-state index in [0.29, 0.717) is 23.6 Å². The van der Waals surface area contributed by atoms with Crippen LogP contribution in [0.15, 0.2) is 85.2 Å². The zero-order chi connectivity index (χ0) is 22.1. The third-order valence-electron chi connectivity index (χ3n) is 5.47. The lowest BCUT2D eigenvalue weighted by molar-refractivity contribution is 0.0965. The molecule has 1 aliphatic heterocycles. The maximum atomic E-state index is 13.8. The van der Waals surface area contributed by atoms with Crippen molar-refractivity contribution in [1.29, 1.82) is 0 Å². The summed E-state index contributed by atoms with van der Waals surface area (Å²) in [7, 11) is 0. The first kappa shape index (κ1) is 19.7. The lowest BCUT2D eigenvalue weighted by Gasteiger charge is -2.17. The maximum Gasteiger partial charge on any atom is 0.258 e. The highest BCUT2D eigenvalue weighted by Gasteiger charge is 2.29. The summed E-state index contributed by atoms with van der Waals surface area (Å²) in [6.45, 7) is 0.628. The predicted octanol–water partition coefficient (Wildman–Crippen LogP) is 4.67. The third-order valence-corrected chi connectivity index (χ3v) is 5.47. The van der Waals surface area contributed by atoms with Crippen LogP contribution in [0, 0.1) is 5.82 Å². The molecule has 1 atom stereocenters. The number of aromatic nitrogens is 2. The summed E-state index contributed by atoms with van der Waals surface area (Å²) < 4.78 is 15.8. The summed E-state index contributed by atoms with van der Waals surface area (Å²) in [5.41, 5.74) is 2.87. The molecule has 7 heteroatoms. The van der Waals surface area contributed by atoms with E-state index in [1.807, 2.05) is 35.0 Å². The number of hydrogen-bond acceptors (Lipinski definition) is 4. The number of halogens is 1. The van der Waals surface area contributed by atoms with Gasteiger partial charge in [0.1, 0.15) is 17.7 Å². The maximum absolute atomic E-state index is 13.8. The van der Waals surface area contributed by atoms with Gasteiger partial charge in [-0.2, -0.15) is 0 Å². The smallest absolute Gasteiger partial charge is 0.258 e. The Labute approximate surface area is 183 Å². The van der Waals surface area contributed by atoms with E-state index in [-0.39, 0.29) is 11.3 Å². The molecule has 4 aromatic rings. The van der Waals surface area contributed by atoms with Crippen molar-refractivity contribution >= 4 is 23.1 Å². The molecular formula is C25H19FN4O2. The number of imidazole rings is 1. The second-order valence-electron chi connectivity index (χ2n) is 7.52. The summed E-state index contributed by atoms with van der Waals surface area (Å²) in [4.78, 5) is 30.1. The van der Waals surface area contributed by atoms with E-state index in [1.54, 1.807) is 36.5 Å². The molecule has 1 aromatic heterocycles. The van der Waals surface area contributed by atoms with Crippen LogP contribution in [0.3, 0.4) is 0 Å². The van der Waals surface area contributed by atoms with Crippen LogP contribution in [-0.4, -0.2) is 21.2 Å². The van der Waals surface area contributed by atoms with Crippen molar-refractivity contribution < 1.29 is 14.0 Å². The van der Waals surface area contributed by atoms with Crippen LogP contribution in [0.5, 0.6) is 0 Å². The summed E-state index contributed by atoms with van der Waals surface area (Å²) in [6, 6.07) is 19.5. The van der Waals surface area contributed by atoms with Crippen molar-refractivity contribution in [3.8, 4) is 0 Å². The molecule has 0 saturated heterocycles. The first-order valence-electron chi connectivity index (χ1n) is 10.2. The Morgan fingerprint density at radius 2 is 1.75 bits per heavy atom. The molecule has 1 aliphatic rings. The highest BCUT2D eigenvalue weighted by molar-refractivity contribution is 6.05. The number of anilines is 2. The van der Waals surface area contributed by atoms with Crippen LogP contribution in [0.25, 0.3) is 0 Å². The van der Waals surface area contributed by atoms with Crippen molar-refractivity contribution in [2.75, 3.05) is 10.6 Å². The zero-order valence-electron chi connectivity index (χ0n) is 17.0. The van der Waals surface area contributed by atoms with Crippen molar-refractivity contribution in [1.82, 2.24) is 9.55 Å². The zero-order valence-corrected chi connectivity index (χ0v) is 17.0. The van der Waals surface area contributed by atoms with E-state index in [4.69, 9.17) is 0 Å². The number of rotatable bonds is 4. The fourth-order valence-corrected chi connectivity index (χ4v) is 3.83. The van der Waals surface area contributed by atoms with Crippen molar-refractivity contribution in [2.24, 2.45) is 0 Å². The number of amides is 1. The van der Waals surface area contributed by atoms with Crippen LogP contribution < -0.4 is 10.6 Å². The monoisotopic (exact) mass is 426 g/mol. The molecule has 2 heterocycles. The minimum Gasteiger partial charge on any atom is -0.369 e. The Balaban J connectivity index is 1.38. The molecule has 0 aliphatic carbocycles. The van der Waals surface area contributed by atoms with Gasteiger partial charge < -0.3 is 15.2 Å². The quantitative estimate of drug-likeness (QED) is 0.465. The number of nitrogens with zero attached hydrogens (tertiary/aromatic N) is 2. The SMILES string of the molecule is O=C(Nc1ccc(C(=O)C2Nc3ccccc3Cn3ccnc32)cc1)c1ccccc1F. The number of nitrogens with one attached hydrogen (secondary N) is 2. The van der Waals surface area contributed by atoms with Crippen LogP contribution in [-0.2, 0) is 6.54 Å². The highest BCUT2D eigenvalue weighted by atomic mass is 19.1. The predicted molar refractivity (Wildman–Crippen MR) is 119 cm³/mol. The number of para-hydroxylation sites is 1. The van der Waals surface area contributed by atoms with Gasteiger partial charge in [0.25, 0.3) is 5.91 Å². The molecule has 32 heavy (non-hydrogen) atoms. The molecule has 0 fully saturated rings. The number of benzene rings is 3. The van der Waals surface area contributed by atoms with Gasteiger partial charge in [0.2, 0.25) is 0 Å². The molecule has 2 N–H and O–H groups in total. The molecule has 1 amide bonds. The first-order chi connectivity index (χ1) is 15.6. The lowest BCUT2D eigenvalue weighted by Crippen LogP contribution is -2.23. The van der Waals surface area contributed by atoms with Gasteiger partial charge >= 0.3 is 0 Å². The number of hydrogen-bond donors (Lipinski definition) is 2. The van der Waals surface area contributed by atoms with Gasteiger partial charge in [-0.3, -0.25) is 9.59 Å². The molecule has 0 spiro atoms. The average Bonchev–Trinajstić information content (AvgIpc) is 3.20. The Hall–Kier alpha value is -4.26. The van der Waals surface area contributed by atoms with Gasteiger partial charge in [0.05, 0.1) is 12.1 Å². The molecule has 0 saturated carbocycles. The number of carbonyl (C=O) groups excluding carboxylic acids is 2. The van der Waals surface area contributed by atoms with Gasteiger partial charge in [0.15, 0.2) is 5.78 Å². The van der Waals surface area contributed by atoms with Gasteiger partial charge in [-0.25, -0.2) is 9.37 Å². The van der Waals surface area contributed by atoms with E-state index < -0.39 is 17.8 Å². The fourth-order valence-electron chi connectivity index (χ4n) is 3.83. The molecule has 5 rings (SSSR count). The molecule has 3 aromatic carbocycles. The Bertz CT molecular complexity index is 1310. The Morgan fingerprint density at radius 1 is 1.00 bits per heavy atom. The first-order valence-corrected chi connectivity index (χ1v) is 10.2. The standard InChI is InChI=1S/C25H19FN4O2/c26-20-7-3-2-6-19(20)25(32)28-18-11-9-16(10-12-18)23(31)22-24-27-13-14-30(24)15-17-5-1-4-8-21(17)29-22/h1-14,22,29H,15H2,(H,28,32). The minimum absolute atomic E-state index is 0.0409. The Morgan fingerprint density at radius 3 is 2.56 bits per heavy atom. The normalized spacial score (nSPS) is 14.5. The molecule has 0 bridgehead atoms. The Kier molecular flexibility index (Phi) is 4.99. The van der Waals surface area contributed by atoms with E-state index in [1.165, 1.54) is 18.2 Å². The molecule has 158 valence electrons. The van der Waals surface area contributed by atoms with Gasteiger partial charge in [-0.1, -0.05) is 30.3 Å². The summed E-state index contributed by atoms with van der Waals surface area (Å²) in [5, 5.41) is 5.99. The van der Waals surface area contributed by atoms with E-state index in [9.17, 15) is 14.0 Å². The average molecular weight is 426 g/mol. The van der Waals surface area contributed by atoms with Crippen LogP contribution in [0.4, 0.5) is 15.8 Å². The van der Waals surface area contributed by atoms with Crippen molar-refractivity contribution in [3.63, 3.8) is 0 Å². The van der Waals surface area contributed by atoms with Crippen LogP contribution in [0.2, 0.25) is 0 Å². The fraction of sp³-hybridized carbons (Fsp3) is 0.0800. The number of carbonyl (C=O) groups is 2. The highest BCUT2D eigenvalue weighted by Crippen LogP contribution is 2.30. The number of fused-ring (bicyclic) bond motifs is 2. The number of ketones is 1. The molecule has 0 radical (unpaired) electrons. The molecular weight excluding hydrogens is 407 g/mol. The van der Waals surface area contributed by atoms with E-state index >= 15 is 0 Å². The molecule has 6 nitrogen and oxygen atoms in total. The van der Waals surface area contributed by atoms with Gasteiger partial charge in [-0.05, 0) is 48.0 Å². The minimum atomic E-state index is -0.646.